The van der Waals surface area contributed by atoms with E-state index < -0.39 is 16.7 Å². The quantitative estimate of drug-likeness (QED) is 0.769. The van der Waals surface area contributed by atoms with Crippen LogP contribution in [-0.4, -0.2) is 11.3 Å². The summed E-state index contributed by atoms with van der Waals surface area (Å²) in [5, 5.41) is 0.194. The molecule has 0 unspecified atom stereocenters. The molecule has 1 aromatic carbocycles. The van der Waals surface area contributed by atoms with Crippen LogP contribution in [0.3, 0.4) is 0 Å². The average molecular weight is 257 g/mol. The van der Waals surface area contributed by atoms with E-state index in [-0.39, 0.29) is 11.3 Å². The van der Waals surface area contributed by atoms with Crippen LogP contribution >= 0.6 is 11.3 Å². The maximum absolute atomic E-state index is 12.5. The van der Waals surface area contributed by atoms with Gasteiger partial charge in [-0.3, -0.25) is 4.79 Å². The molecule has 0 aliphatic heterocycles. The molecule has 0 amide bonds. The number of carbonyl (C=O) groups excluding carboxylic acids is 1. The molecule has 2 aromatic rings. The number of aromatic nitrogens is 1. The van der Waals surface area contributed by atoms with Gasteiger partial charge in [-0.1, -0.05) is 30.3 Å². The third-order valence-corrected chi connectivity index (χ3v) is 3.08. The van der Waals surface area contributed by atoms with E-state index in [0.29, 0.717) is 5.56 Å². The van der Waals surface area contributed by atoms with Gasteiger partial charge in [-0.15, -0.1) is 11.3 Å². The summed E-state index contributed by atoms with van der Waals surface area (Å²) in [5.74, 6) is 0. The molecule has 0 saturated carbocycles. The Bertz CT molecular complexity index is 533. The highest BCUT2D eigenvalue weighted by Gasteiger charge is 2.37. The first kappa shape index (κ1) is 11.8. The number of hydrogen-bond acceptors (Lipinski definition) is 3. The Morgan fingerprint density at radius 1 is 1.18 bits per heavy atom. The lowest BCUT2D eigenvalue weighted by Gasteiger charge is -2.01. The summed E-state index contributed by atoms with van der Waals surface area (Å²) < 4.78 is 37.6. The minimum absolute atomic E-state index is 0.187. The van der Waals surface area contributed by atoms with Gasteiger partial charge in [0.2, 0.25) is 0 Å². The molecule has 17 heavy (non-hydrogen) atoms. The highest BCUT2D eigenvalue weighted by atomic mass is 32.1. The third-order valence-electron chi connectivity index (χ3n) is 2.05. The Morgan fingerprint density at radius 2 is 1.82 bits per heavy atom. The summed E-state index contributed by atoms with van der Waals surface area (Å²) in [4.78, 5) is 13.7. The fraction of sp³-hybridized carbons (Fsp3) is 0.0909. The van der Waals surface area contributed by atoms with Gasteiger partial charge in [0.05, 0.1) is 4.88 Å². The molecule has 0 aliphatic carbocycles. The minimum Gasteiger partial charge on any atom is -0.297 e. The molecule has 88 valence electrons. The summed E-state index contributed by atoms with van der Waals surface area (Å²) in [5.41, 5.74) is -0.549. The van der Waals surface area contributed by atoms with Crippen molar-refractivity contribution in [2.45, 2.75) is 6.18 Å². The van der Waals surface area contributed by atoms with E-state index in [2.05, 4.69) is 4.98 Å². The second kappa shape index (κ2) is 4.29. The normalized spacial score (nSPS) is 11.5. The fourth-order valence-electron chi connectivity index (χ4n) is 1.32. The van der Waals surface area contributed by atoms with Crippen LogP contribution in [0.1, 0.15) is 15.4 Å². The number of thiazole rings is 1. The van der Waals surface area contributed by atoms with Crippen LogP contribution < -0.4 is 0 Å². The zero-order valence-electron chi connectivity index (χ0n) is 8.36. The van der Waals surface area contributed by atoms with Crippen molar-refractivity contribution >= 4 is 17.6 Å². The van der Waals surface area contributed by atoms with E-state index in [4.69, 9.17) is 0 Å². The van der Waals surface area contributed by atoms with Gasteiger partial charge in [0, 0.05) is 5.56 Å². The Morgan fingerprint density at radius 3 is 2.29 bits per heavy atom. The van der Waals surface area contributed by atoms with E-state index in [1.54, 1.807) is 30.3 Å². The van der Waals surface area contributed by atoms with Crippen LogP contribution in [0.4, 0.5) is 13.2 Å². The molecule has 0 bridgehead atoms. The van der Waals surface area contributed by atoms with Crippen molar-refractivity contribution < 1.29 is 18.0 Å². The van der Waals surface area contributed by atoms with E-state index >= 15 is 0 Å². The summed E-state index contributed by atoms with van der Waals surface area (Å²) in [6.45, 7) is 0. The lowest BCUT2D eigenvalue weighted by molar-refractivity contribution is -0.140. The van der Waals surface area contributed by atoms with Crippen molar-refractivity contribution in [3.63, 3.8) is 0 Å². The van der Waals surface area contributed by atoms with Crippen molar-refractivity contribution in [2.75, 3.05) is 0 Å². The van der Waals surface area contributed by atoms with Gasteiger partial charge in [0.25, 0.3) is 0 Å². The van der Waals surface area contributed by atoms with Gasteiger partial charge in [0.15, 0.2) is 12.0 Å². The molecule has 6 heteroatoms. The second-order valence-corrected chi connectivity index (χ2v) is 4.24. The van der Waals surface area contributed by atoms with Gasteiger partial charge < -0.3 is 0 Å². The van der Waals surface area contributed by atoms with E-state index in [0.717, 1.165) is 11.3 Å². The van der Waals surface area contributed by atoms with Gasteiger partial charge >= 0.3 is 6.18 Å². The Balaban J connectivity index is 2.53. The van der Waals surface area contributed by atoms with Gasteiger partial charge in [-0.2, -0.15) is 13.2 Å². The smallest absolute Gasteiger partial charge is 0.297 e. The van der Waals surface area contributed by atoms with Gasteiger partial charge in [-0.05, 0) is 0 Å². The van der Waals surface area contributed by atoms with E-state index in [1.165, 1.54) is 0 Å². The van der Waals surface area contributed by atoms with E-state index in [9.17, 15) is 18.0 Å². The number of aldehydes is 1. The van der Waals surface area contributed by atoms with Crippen molar-refractivity contribution in [3.8, 4) is 10.6 Å². The predicted octanol–water partition coefficient (Wildman–Crippen LogP) is 3.64. The summed E-state index contributed by atoms with van der Waals surface area (Å²) >= 11 is 0.740. The molecule has 0 fully saturated rings. The molecule has 0 aliphatic rings. The number of halogens is 3. The number of benzene rings is 1. The number of carbonyl (C=O) groups is 1. The molecule has 0 spiro atoms. The summed E-state index contributed by atoms with van der Waals surface area (Å²) in [7, 11) is 0. The van der Waals surface area contributed by atoms with Crippen molar-refractivity contribution in [1.29, 1.82) is 0 Å². The average Bonchev–Trinajstić information content (AvgIpc) is 2.74. The van der Waals surface area contributed by atoms with Crippen LogP contribution in [0.5, 0.6) is 0 Å². The minimum atomic E-state index is -4.60. The second-order valence-electron chi connectivity index (χ2n) is 3.21. The highest BCUT2D eigenvalue weighted by molar-refractivity contribution is 7.16. The standard InChI is InChI=1S/C11H6F3NOS/c12-11(13,14)9-8(6-16)17-10(15-9)7-4-2-1-3-5-7/h1-6H. The highest BCUT2D eigenvalue weighted by Crippen LogP contribution is 2.36. The molecule has 0 radical (unpaired) electrons. The molecule has 0 N–H and O–H groups in total. The third kappa shape index (κ3) is 2.36. The number of alkyl halides is 3. The van der Waals surface area contributed by atoms with Gasteiger partial charge in [0.1, 0.15) is 5.01 Å². The number of hydrogen-bond donors (Lipinski definition) is 0. The maximum Gasteiger partial charge on any atom is 0.434 e. The molecule has 0 saturated heterocycles. The molecule has 2 rings (SSSR count). The first-order valence-electron chi connectivity index (χ1n) is 4.61. The van der Waals surface area contributed by atoms with Crippen molar-refractivity contribution in [1.82, 2.24) is 4.98 Å². The molecular weight excluding hydrogens is 251 g/mol. The predicted molar refractivity (Wildman–Crippen MR) is 57.9 cm³/mol. The first-order chi connectivity index (χ1) is 8.02. The zero-order chi connectivity index (χ0) is 12.5. The SMILES string of the molecule is O=Cc1sc(-c2ccccc2)nc1C(F)(F)F. The largest absolute Gasteiger partial charge is 0.434 e. The Kier molecular flexibility index (Phi) is 2.97. The molecular formula is C11H6F3NOS. The summed E-state index contributed by atoms with van der Waals surface area (Å²) in [6.07, 6.45) is -4.41. The zero-order valence-corrected chi connectivity index (χ0v) is 9.18. The molecule has 0 atom stereocenters. The van der Waals surface area contributed by atoms with E-state index in [1.807, 2.05) is 0 Å². The van der Waals surface area contributed by atoms with Crippen LogP contribution in [0.15, 0.2) is 30.3 Å². The topological polar surface area (TPSA) is 30.0 Å². The molecule has 1 heterocycles. The lowest BCUT2D eigenvalue weighted by Crippen LogP contribution is -2.08. The van der Waals surface area contributed by atoms with Crippen molar-refractivity contribution in [3.05, 3.63) is 40.9 Å². The van der Waals surface area contributed by atoms with Crippen LogP contribution in [0.25, 0.3) is 10.6 Å². The monoisotopic (exact) mass is 257 g/mol. The Hall–Kier alpha value is -1.69. The van der Waals surface area contributed by atoms with Gasteiger partial charge in [-0.25, -0.2) is 4.98 Å². The lowest BCUT2D eigenvalue weighted by atomic mass is 10.2. The number of rotatable bonds is 2. The van der Waals surface area contributed by atoms with Crippen LogP contribution in [0, 0.1) is 0 Å². The van der Waals surface area contributed by atoms with Crippen molar-refractivity contribution in [2.24, 2.45) is 0 Å². The fourth-order valence-corrected chi connectivity index (χ4v) is 2.22. The Labute approximate surface area is 98.7 Å². The van der Waals surface area contributed by atoms with Crippen LogP contribution in [-0.2, 0) is 6.18 Å². The maximum atomic E-state index is 12.5. The first-order valence-corrected chi connectivity index (χ1v) is 5.42. The number of nitrogens with zero attached hydrogens (tertiary/aromatic N) is 1. The molecule has 1 aromatic heterocycles. The van der Waals surface area contributed by atoms with Crippen LogP contribution in [0.2, 0.25) is 0 Å². The summed E-state index contributed by atoms with van der Waals surface area (Å²) in [6, 6.07) is 8.44. The molecule has 2 nitrogen and oxygen atoms in total.